The largest absolute Gasteiger partial charge is 0.352 e. The Morgan fingerprint density at radius 2 is 1.51 bits per heavy atom. The number of carbonyl (C=O) groups excluding carboxylic acids is 2. The van der Waals surface area contributed by atoms with Gasteiger partial charge in [-0.1, -0.05) is 90.8 Å². The van der Waals surface area contributed by atoms with Gasteiger partial charge in [0.15, 0.2) is 0 Å². The molecule has 0 fully saturated rings. The summed E-state index contributed by atoms with van der Waals surface area (Å²) in [6.07, 6.45) is 0.944. The van der Waals surface area contributed by atoms with Crippen LogP contribution in [0.3, 0.4) is 0 Å². The number of rotatable bonds is 13. The van der Waals surface area contributed by atoms with Crippen molar-refractivity contribution in [2.45, 2.75) is 57.1 Å². The fourth-order valence-corrected chi connectivity index (χ4v) is 6.58. The molecule has 4 rings (SSSR count). The molecular formula is C35H37Cl2N3O4S. The Hall–Kier alpha value is -3.85. The molecule has 7 nitrogen and oxygen atoms in total. The fourth-order valence-electron chi connectivity index (χ4n) is 4.86. The van der Waals surface area contributed by atoms with Gasteiger partial charge in [0.05, 0.1) is 10.6 Å². The maximum atomic E-state index is 14.5. The number of sulfonamides is 1. The molecule has 0 spiro atoms. The van der Waals surface area contributed by atoms with E-state index in [9.17, 15) is 18.0 Å². The molecule has 2 amide bonds. The van der Waals surface area contributed by atoms with E-state index < -0.39 is 28.5 Å². The van der Waals surface area contributed by atoms with E-state index in [1.54, 1.807) is 18.2 Å². The van der Waals surface area contributed by atoms with Crippen molar-refractivity contribution in [1.82, 2.24) is 10.2 Å². The normalized spacial score (nSPS) is 12.6. The van der Waals surface area contributed by atoms with Crippen LogP contribution in [0.4, 0.5) is 5.69 Å². The molecule has 10 heteroatoms. The third-order valence-electron chi connectivity index (χ3n) is 7.65. The van der Waals surface area contributed by atoms with Gasteiger partial charge >= 0.3 is 0 Å². The standard InChI is InChI=1S/C35H37Cl2N3O4S/c1-4-26(3)38-35(42)33(21-27-12-6-5-7-13-27)39(23-28-14-9-8-11-25(28)2)34(41)24-40(31-16-10-15-30(37)22-31)45(43,44)32-19-17-29(36)18-20-32/h5-20,22,26,33H,4,21,23-24H2,1-3H3,(H,38,42). The summed E-state index contributed by atoms with van der Waals surface area (Å²) in [6, 6.07) is 28.1. The Labute approximate surface area is 275 Å². The Morgan fingerprint density at radius 1 is 0.844 bits per heavy atom. The van der Waals surface area contributed by atoms with E-state index in [0.29, 0.717) is 16.5 Å². The molecule has 0 heterocycles. The lowest BCUT2D eigenvalue weighted by atomic mass is 10.0. The molecule has 236 valence electrons. The number of nitrogens with zero attached hydrogens (tertiary/aromatic N) is 2. The third-order valence-corrected chi connectivity index (χ3v) is 9.93. The van der Waals surface area contributed by atoms with E-state index in [2.05, 4.69) is 5.32 Å². The topological polar surface area (TPSA) is 86.8 Å². The quantitative estimate of drug-likeness (QED) is 0.166. The first kappa shape index (κ1) is 34.0. The first-order valence-corrected chi connectivity index (χ1v) is 16.9. The molecule has 0 radical (unpaired) electrons. The monoisotopic (exact) mass is 665 g/mol. The predicted molar refractivity (Wildman–Crippen MR) is 181 cm³/mol. The van der Waals surface area contributed by atoms with Crippen LogP contribution in [0.2, 0.25) is 10.0 Å². The van der Waals surface area contributed by atoms with E-state index in [-0.39, 0.29) is 35.5 Å². The second-order valence-electron chi connectivity index (χ2n) is 10.9. The minimum absolute atomic E-state index is 0.0412. The van der Waals surface area contributed by atoms with Gasteiger partial charge in [0.25, 0.3) is 10.0 Å². The zero-order chi connectivity index (χ0) is 32.6. The fraction of sp³-hybridized carbons (Fsp3) is 0.257. The van der Waals surface area contributed by atoms with Crippen LogP contribution in [-0.4, -0.2) is 43.8 Å². The summed E-state index contributed by atoms with van der Waals surface area (Å²) in [4.78, 5) is 29.9. The highest BCUT2D eigenvalue weighted by molar-refractivity contribution is 7.92. The van der Waals surface area contributed by atoms with E-state index in [0.717, 1.165) is 21.0 Å². The first-order valence-electron chi connectivity index (χ1n) is 14.7. The molecule has 0 aliphatic heterocycles. The maximum Gasteiger partial charge on any atom is 0.264 e. The number of halogens is 2. The Bertz CT molecular complexity index is 1720. The summed E-state index contributed by atoms with van der Waals surface area (Å²) in [5.74, 6) is -0.860. The molecule has 4 aromatic carbocycles. The molecule has 1 N–H and O–H groups in total. The zero-order valence-electron chi connectivity index (χ0n) is 25.5. The van der Waals surface area contributed by atoms with Crippen molar-refractivity contribution in [3.63, 3.8) is 0 Å². The van der Waals surface area contributed by atoms with Gasteiger partial charge in [-0.05, 0) is 79.4 Å². The summed E-state index contributed by atoms with van der Waals surface area (Å²) in [5.41, 5.74) is 2.86. The van der Waals surface area contributed by atoms with Gasteiger partial charge in [-0.2, -0.15) is 0 Å². The minimum atomic E-state index is -4.26. The highest BCUT2D eigenvalue weighted by Crippen LogP contribution is 2.28. The van der Waals surface area contributed by atoms with Gasteiger partial charge in [-0.3, -0.25) is 13.9 Å². The molecule has 0 bridgehead atoms. The van der Waals surface area contributed by atoms with Crippen LogP contribution >= 0.6 is 23.2 Å². The zero-order valence-corrected chi connectivity index (χ0v) is 27.8. The van der Waals surface area contributed by atoms with Crippen LogP contribution in [0.25, 0.3) is 0 Å². The van der Waals surface area contributed by atoms with Crippen molar-refractivity contribution in [2.24, 2.45) is 0 Å². The first-order chi connectivity index (χ1) is 21.5. The summed E-state index contributed by atoms with van der Waals surface area (Å²) in [5, 5.41) is 3.73. The van der Waals surface area contributed by atoms with Crippen molar-refractivity contribution >= 4 is 50.7 Å². The average molecular weight is 667 g/mol. The van der Waals surface area contributed by atoms with Gasteiger partial charge in [0, 0.05) is 29.1 Å². The van der Waals surface area contributed by atoms with E-state index in [1.807, 2.05) is 75.4 Å². The summed E-state index contributed by atoms with van der Waals surface area (Å²) >= 11 is 12.3. The van der Waals surface area contributed by atoms with Crippen molar-refractivity contribution in [3.05, 3.63) is 130 Å². The van der Waals surface area contributed by atoms with E-state index in [4.69, 9.17) is 23.2 Å². The van der Waals surface area contributed by atoms with Gasteiger partial charge in [0.1, 0.15) is 12.6 Å². The summed E-state index contributed by atoms with van der Waals surface area (Å²) in [6.45, 7) is 5.34. The van der Waals surface area contributed by atoms with Crippen molar-refractivity contribution in [2.75, 3.05) is 10.8 Å². The van der Waals surface area contributed by atoms with Crippen molar-refractivity contribution in [3.8, 4) is 0 Å². The van der Waals surface area contributed by atoms with Gasteiger partial charge in [-0.25, -0.2) is 8.42 Å². The lowest BCUT2D eigenvalue weighted by molar-refractivity contribution is -0.140. The molecule has 0 saturated heterocycles. The summed E-state index contributed by atoms with van der Waals surface area (Å²) < 4.78 is 29.2. The molecule has 2 atom stereocenters. The number of aryl methyl sites for hydroxylation is 1. The molecule has 4 aromatic rings. The Morgan fingerprint density at radius 3 is 2.16 bits per heavy atom. The third kappa shape index (κ3) is 8.87. The number of carbonyl (C=O) groups is 2. The van der Waals surface area contributed by atoms with Crippen LogP contribution < -0.4 is 9.62 Å². The smallest absolute Gasteiger partial charge is 0.264 e. The van der Waals surface area contributed by atoms with Crippen molar-refractivity contribution in [1.29, 1.82) is 0 Å². The highest BCUT2D eigenvalue weighted by atomic mass is 35.5. The van der Waals surface area contributed by atoms with Gasteiger partial charge in [-0.15, -0.1) is 0 Å². The highest BCUT2D eigenvalue weighted by Gasteiger charge is 2.35. The molecule has 45 heavy (non-hydrogen) atoms. The van der Waals surface area contributed by atoms with E-state index in [1.165, 1.54) is 35.2 Å². The van der Waals surface area contributed by atoms with Crippen LogP contribution in [0.1, 0.15) is 37.0 Å². The number of hydrogen-bond acceptors (Lipinski definition) is 4. The molecule has 0 aromatic heterocycles. The molecule has 2 unspecified atom stereocenters. The second kappa shape index (κ2) is 15.4. The Kier molecular flexibility index (Phi) is 11.7. The van der Waals surface area contributed by atoms with Crippen LogP contribution in [-0.2, 0) is 32.6 Å². The SMILES string of the molecule is CCC(C)NC(=O)C(Cc1ccccc1)N(Cc1ccccc1C)C(=O)CN(c1cccc(Cl)c1)S(=O)(=O)c1ccc(Cl)cc1. The van der Waals surface area contributed by atoms with Gasteiger partial charge in [0.2, 0.25) is 11.8 Å². The summed E-state index contributed by atoms with van der Waals surface area (Å²) in [7, 11) is -4.26. The van der Waals surface area contributed by atoms with Gasteiger partial charge < -0.3 is 10.2 Å². The Balaban J connectivity index is 1.82. The van der Waals surface area contributed by atoms with Crippen LogP contribution in [0.15, 0.2) is 108 Å². The second-order valence-corrected chi connectivity index (χ2v) is 13.7. The number of benzene rings is 4. The minimum Gasteiger partial charge on any atom is -0.352 e. The number of anilines is 1. The van der Waals surface area contributed by atoms with Crippen LogP contribution in [0, 0.1) is 6.92 Å². The molecule has 0 aliphatic carbocycles. The maximum absolute atomic E-state index is 14.5. The number of amides is 2. The predicted octanol–water partition coefficient (Wildman–Crippen LogP) is 7.05. The van der Waals surface area contributed by atoms with Crippen LogP contribution in [0.5, 0.6) is 0 Å². The molecular weight excluding hydrogens is 629 g/mol. The lowest BCUT2D eigenvalue weighted by Crippen LogP contribution is -2.54. The average Bonchev–Trinajstić information content (AvgIpc) is 3.02. The molecule has 0 aliphatic rings. The molecule has 0 saturated carbocycles. The number of nitrogens with one attached hydrogen (secondary N) is 1. The lowest BCUT2D eigenvalue weighted by Gasteiger charge is -2.34. The number of hydrogen-bond donors (Lipinski definition) is 1. The van der Waals surface area contributed by atoms with E-state index >= 15 is 0 Å². The van der Waals surface area contributed by atoms with Crippen molar-refractivity contribution < 1.29 is 18.0 Å².